The minimum atomic E-state index is 0.292. The summed E-state index contributed by atoms with van der Waals surface area (Å²) in [5.74, 6) is 1.01. The number of hydrogen-bond acceptors (Lipinski definition) is 3. The van der Waals surface area contributed by atoms with Crippen LogP contribution in [0.3, 0.4) is 0 Å². The highest BCUT2D eigenvalue weighted by Crippen LogP contribution is 2.24. The Labute approximate surface area is 101 Å². The molecule has 0 saturated carbocycles. The van der Waals surface area contributed by atoms with Gasteiger partial charge < -0.3 is 5.32 Å². The van der Waals surface area contributed by atoms with Crippen LogP contribution in [0.15, 0.2) is 6.20 Å². The van der Waals surface area contributed by atoms with Gasteiger partial charge >= 0.3 is 0 Å². The molecule has 5 heteroatoms. The third-order valence-corrected chi connectivity index (χ3v) is 3.20. The lowest BCUT2D eigenvalue weighted by Crippen LogP contribution is -2.26. The Kier molecular flexibility index (Phi) is 5.50. The molecular weight excluding hydrogens is 230 g/mol. The molecular formula is C10H18ClN3S. The molecule has 0 bridgehead atoms. The van der Waals surface area contributed by atoms with Gasteiger partial charge in [0, 0.05) is 12.8 Å². The molecule has 1 heterocycles. The first-order chi connectivity index (χ1) is 7.20. The first kappa shape index (κ1) is 12.9. The lowest BCUT2D eigenvalue weighted by Gasteiger charge is -2.18. The zero-order valence-corrected chi connectivity index (χ0v) is 11.0. The second kappa shape index (κ2) is 6.40. The fraction of sp³-hybridized carbons (Fsp3) is 0.700. The first-order valence-corrected chi connectivity index (χ1v) is 6.87. The fourth-order valence-electron chi connectivity index (χ4n) is 1.53. The molecule has 0 aliphatic carbocycles. The standard InChI is InChI=1S/C10H18ClN3S/c1-4-5-12-9(7-15-3)10-8(11)6-13-14(10)2/h6,9,12H,4-5,7H2,1-3H3. The average Bonchev–Trinajstić information content (AvgIpc) is 2.54. The maximum atomic E-state index is 6.12. The molecule has 3 nitrogen and oxygen atoms in total. The van der Waals surface area contributed by atoms with E-state index in [1.807, 2.05) is 23.5 Å². The molecule has 0 aromatic carbocycles. The Morgan fingerprint density at radius 2 is 2.40 bits per heavy atom. The zero-order valence-electron chi connectivity index (χ0n) is 9.46. The number of thioether (sulfide) groups is 1. The van der Waals surface area contributed by atoms with Gasteiger partial charge in [-0.3, -0.25) is 4.68 Å². The summed E-state index contributed by atoms with van der Waals surface area (Å²) in [6, 6.07) is 0.292. The second-order valence-corrected chi connectivity index (χ2v) is 4.78. The molecule has 0 spiro atoms. The van der Waals surface area contributed by atoms with Crippen molar-refractivity contribution in [1.82, 2.24) is 15.1 Å². The summed E-state index contributed by atoms with van der Waals surface area (Å²) in [7, 11) is 1.93. The molecule has 0 fully saturated rings. The van der Waals surface area contributed by atoms with Crippen LogP contribution in [0.1, 0.15) is 25.1 Å². The van der Waals surface area contributed by atoms with Gasteiger partial charge in [0.25, 0.3) is 0 Å². The van der Waals surface area contributed by atoms with Crippen LogP contribution in [0.4, 0.5) is 0 Å². The lowest BCUT2D eigenvalue weighted by atomic mass is 10.2. The van der Waals surface area contributed by atoms with Crippen LogP contribution in [0, 0.1) is 0 Å². The number of nitrogens with zero attached hydrogens (tertiary/aromatic N) is 2. The van der Waals surface area contributed by atoms with Crippen molar-refractivity contribution in [2.45, 2.75) is 19.4 Å². The smallest absolute Gasteiger partial charge is 0.0834 e. The highest BCUT2D eigenvalue weighted by atomic mass is 35.5. The van der Waals surface area contributed by atoms with E-state index in [1.165, 1.54) is 0 Å². The van der Waals surface area contributed by atoms with Crippen molar-refractivity contribution >= 4 is 23.4 Å². The van der Waals surface area contributed by atoms with Gasteiger partial charge in [-0.05, 0) is 19.2 Å². The zero-order chi connectivity index (χ0) is 11.3. The molecule has 86 valence electrons. The van der Waals surface area contributed by atoms with E-state index in [4.69, 9.17) is 11.6 Å². The molecule has 0 saturated heterocycles. The molecule has 0 aliphatic rings. The summed E-state index contributed by atoms with van der Waals surface area (Å²) in [6.45, 7) is 3.17. The fourth-order valence-corrected chi connectivity index (χ4v) is 2.44. The van der Waals surface area contributed by atoms with E-state index in [9.17, 15) is 0 Å². The Morgan fingerprint density at radius 3 is 2.87 bits per heavy atom. The van der Waals surface area contributed by atoms with Crippen molar-refractivity contribution in [3.8, 4) is 0 Å². The van der Waals surface area contributed by atoms with Crippen molar-refractivity contribution in [2.75, 3.05) is 18.6 Å². The minimum absolute atomic E-state index is 0.292. The topological polar surface area (TPSA) is 29.9 Å². The number of hydrogen-bond donors (Lipinski definition) is 1. The van der Waals surface area contributed by atoms with Gasteiger partial charge in [0.15, 0.2) is 0 Å². The SMILES string of the molecule is CCCNC(CSC)c1c(Cl)cnn1C. The van der Waals surface area contributed by atoms with E-state index in [1.54, 1.807) is 6.20 Å². The van der Waals surface area contributed by atoms with E-state index < -0.39 is 0 Å². The molecule has 15 heavy (non-hydrogen) atoms. The van der Waals surface area contributed by atoms with E-state index in [-0.39, 0.29) is 0 Å². The molecule has 1 rings (SSSR count). The van der Waals surface area contributed by atoms with Crippen molar-refractivity contribution in [2.24, 2.45) is 7.05 Å². The van der Waals surface area contributed by atoms with Crippen molar-refractivity contribution in [3.63, 3.8) is 0 Å². The summed E-state index contributed by atoms with van der Waals surface area (Å²) < 4.78 is 1.85. The normalized spacial score (nSPS) is 13.1. The van der Waals surface area contributed by atoms with Crippen LogP contribution in [-0.2, 0) is 7.05 Å². The van der Waals surface area contributed by atoms with Gasteiger partial charge in [-0.2, -0.15) is 16.9 Å². The molecule has 0 amide bonds. The summed E-state index contributed by atoms with van der Waals surface area (Å²) >= 11 is 7.94. The summed E-state index contributed by atoms with van der Waals surface area (Å²) in [4.78, 5) is 0. The summed E-state index contributed by atoms with van der Waals surface area (Å²) in [5, 5.41) is 8.40. The van der Waals surface area contributed by atoms with Crippen LogP contribution in [0.5, 0.6) is 0 Å². The van der Waals surface area contributed by atoms with Gasteiger partial charge in [-0.15, -0.1) is 0 Å². The highest BCUT2D eigenvalue weighted by Gasteiger charge is 2.17. The van der Waals surface area contributed by atoms with Gasteiger partial charge in [0.2, 0.25) is 0 Å². The van der Waals surface area contributed by atoms with Gasteiger partial charge in [0.05, 0.1) is 23.0 Å². The van der Waals surface area contributed by atoms with Gasteiger partial charge in [0.1, 0.15) is 0 Å². The molecule has 1 aromatic heterocycles. The molecule has 0 radical (unpaired) electrons. The van der Waals surface area contributed by atoms with Crippen LogP contribution < -0.4 is 5.32 Å². The van der Waals surface area contributed by atoms with E-state index in [2.05, 4.69) is 23.6 Å². The monoisotopic (exact) mass is 247 g/mol. The summed E-state index contributed by atoms with van der Waals surface area (Å²) in [5.41, 5.74) is 1.08. The maximum Gasteiger partial charge on any atom is 0.0834 e. The van der Waals surface area contributed by atoms with Crippen LogP contribution in [0.2, 0.25) is 5.02 Å². The van der Waals surface area contributed by atoms with Crippen molar-refractivity contribution < 1.29 is 0 Å². The molecule has 1 atom stereocenters. The lowest BCUT2D eigenvalue weighted by molar-refractivity contribution is 0.535. The minimum Gasteiger partial charge on any atom is -0.308 e. The third-order valence-electron chi connectivity index (χ3n) is 2.24. The predicted molar refractivity (Wildman–Crippen MR) is 67.6 cm³/mol. The average molecular weight is 248 g/mol. The van der Waals surface area contributed by atoms with E-state index in [0.717, 1.165) is 29.4 Å². The largest absolute Gasteiger partial charge is 0.308 e. The second-order valence-electron chi connectivity index (χ2n) is 3.46. The Bertz CT molecular complexity index is 281. The number of rotatable bonds is 6. The van der Waals surface area contributed by atoms with E-state index >= 15 is 0 Å². The number of aromatic nitrogens is 2. The van der Waals surface area contributed by atoms with Crippen LogP contribution in [-0.4, -0.2) is 28.3 Å². The first-order valence-electron chi connectivity index (χ1n) is 5.10. The van der Waals surface area contributed by atoms with Gasteiger partial charge in [-0.1, -0.05) is 18.5 Å². The summed E-state index contributed by atoms with van der Waals surface area (Å²) in [6.07, 6.45) is 4.93. The van der Waals surface area contributed by atoms with Crippen molar-refractivity contribution in [3.05, 3.63) is 16.9 Å². The molecule has 0 aliphatic heterocycles. The predicted octanol–water partition coefficient (Wildman–Crippen LogP) is 2.48. The van der Waals surface area contributed by atoms with Gasteiger partial charge in [-0.25, -0.2) is 0 Å². The third kappa shape index (κ3) is 3.40. The molecule has 1 unspecified atom stereocenters. The highest BCUT2D eigenvalue weighted by molar-refractivity contribution is 7.98. The number of halogens is 1. The van der Waals surface area contributed by atoms with Crippen LogP contribution in [0.25, 0.3) is 0 Å². The Hall–Kier alpha value is -0.190. The van der Waals surface area contributed by atoms with Crippen molar-refractivity contribution in [1.29, 1.82) is 0 Å². The number of nitrogens with one attached hydrogen (secondary N) is 1. The Balaban J connectivity index is 2.78. The quantitative estimate of drug-likeness (QED) is 0.838. The Morgan fingerprint density at radius 1 is 1.67 bits per heavy atom. The number of aryl methyl sites for hydroxylation is 1. The molecule has 1 N–H and O–H groups in total. The van der Waals surface area contributed by atoms with E-state index in [0.29, 0.717) is 6.04 Å². The van der Waals surface area contributed by atoms with Crippen LogP contribution >= 0.6 is 23.4 Å². The maximum absolute atomic E-state index is 6.12. The molecule has 1 aromatic rings.